The number of hydrogen-bond acceptors (Lipinski definition) is 9. The van der Waals surface area contributed by atoms with Gasteiger partial charge in [-0.15, -0.1) is 0 Å². The number of allylic oxidation sites excluding steroid dienone is 1. The summed E-state index contributed by atoms with van der Waals surface area (Å²) in [5.74, 6) is -2.05. The van der Waals surface area contributed by atoms with Gasteiger partial charge in [-0.05, 0) is 13.0 Å². The van der Waals surface area contributed by atoms with Crippen molar-refractivity contribution < 1.29 is 24.1 Å². The van der Waals surface area contributed by atoms with Gasteiger partial charge in [-0.1, -0.05) is 0 Å². The number of nitrogens with one attached hydrogen (secondary N) is 1. The summed E-state index contributed by atoms with van der Waals surface area (Å²) in [5, 5.41) is 35.6. The predicted molar refractivity (Wildman–Crippen MR) is 90.0 cm³/mol. The lowest BCUT2D eigenvalue weighted by molar-refractivity contribution is -0.433. The summed E-state index contributed by atoms with van der Waals surface area (Å²) in [6, 6.07) is 4.63. The van der Waals surface area contributed by atoms with Crippen molar-refractivity contribution in [3.63, 3.8) is 0 Å². The minimum atomic E-state index is -1.44. The molecule has 1 unspecified atom stereocenters. The van der Waals surface area contributed by atoms with Crippen molar-refractivity contribution >= 4 is 5.69 Å². The number of benzene rings is 1. The number of ether oxygens (including phenoxy) is 1. The largest absolute Gasteiger partial charge is 0.507 e. The van der Waals surface area contributed by atoms with Crippen LogP contribution in [0, 0.1) is 27.2 Å². The number of rotatable bonds is 4. The molecule has 0 spiro atoms. The Labute approximate surface area is 150 Å². The highest BCUT2D eigenvalue weighted by Crippen LogP contribution is 2.45. The zero-order chi connectivity index (χ0) is 19.9. The van der Waals surface area contributed by atoms with Crippen LogP contribution in [0.3, 0.4) is 0 Å². The van der Waals surface area contributed by atoms with E-state index in [2.05, 4.69) is 5.32 Å². The van der Waals surface area contributed by atoms with Crippen LogP contribution in [0.2, 0.25) is 0 Å². The van der Waals surface area contributed by atoms with Gasteiger partial charge in [0.05, 0.1) is 15.4 Å². The maximum Gasteiger partial charge on any atom is 0.344 e. The van der Waals surface area contributed by atoms with E-state index in [-0.39, 0.29) is 28.6 Å². The molecule has 1 aliphatic rings. The normalized spacial score (nSPS) is 15.7. The molecule has 1 aromatic heterocycles. The Balaban J connectivity index is 2.39. The third-order valence-electron chi connectivity index (χ3n) is 4.04. The summed E-state index contributed by atoms with van der Waals surface area (Å²) in [7, 11) is 1.38. The highest BCUT2D eigenvalue weighted by atomic mass is 16.6. The molecular formula is C16H13N3O8. The maximum absolute atomic E-state index is 12.4. The van der Waals surface area contributed by atoms with E-state index >= 15 is 0 Å². The van der Waals surface area contributed by atoms with Crippen LogP contribution in [0.15, 0.2) is 45.1 Å². The number of non-ortho nitro benzene ring substituents is 1. The highest BCUT2D eigenvalue weighted by molar-refractivity contribution is 5.56. The lowest BCUT2D eigenvalue weighted by atomic mass is 9.86. The first-order valence-electron chi connectivity index (χ1n) is 7.60. The maximum atomic E-state index is 12.4. The third-order valence-corrected chi connectivity index (χ3v) is 4.04. The summed E-state index contributed by atoms with van der Waals surface area (Å²) < 4.78 is 10.4. The van der Waals surface area contributed by atoms with Crippen molar-refractivity contribution in [2.45, 2.75) is 12.8 Å². The first kappa shape index (κ1) is 17.9. The van der Waals surface area contributed by atoms with Gasteiger partial charge in [0.25, 0.3) is 11.6 Å². The molecule has 1 aliphatic heterocycles. The highest BCUT2D eigenvalue weighted by Gasteiger charge is 2.43. The zero-order valence-electron chi connectivity index (χ0n) is 14.1. The molecule has 2 N–H and O–H groups in total. The Bertz CT molecular complexity index is 1060. The molecule has 0 fully saturated rings. The van der Waals surface area contributed by atoms with Crippen LogP contribution in [-0.4, -0.2) is 22.0 Å². The standard InChI is InChI=1S/C16H13N3O8/c1-7-5-10(20)13(16(21)26-7)12-9-6-8(18(22)23)3-4-11(9)27-15(17-2)14(12)19(24)25/h3-6,12,17,20H,1-2H3. The molecule has 11 nitrogen and oxygen atoms in total. The predicted octanol–water partition coefficient (Wildman–Crippen LogP) is 1.75. The Morgan fingerprint density at radius 1 is 1.19 bits per heavy atom. The van der Waals surface area contributed by atoms with Gasteiger partial charge in [0.1, 0.15) is 23.2 Å². The molecule has 1 atom stereocenters. The topological polar surface area (TPSA) is 158 Å². The summed E-state index contributed by atoms with van der Waals surface area (Å²) in [5.41, 5.74) is -2.36. The molecule has 0 bridgehead atoms. The molecule has 0 aliphatic carbocycles. The minimum absolute atomic E-state index is 0.0126. The lowest BCUT2D eigenvalue weighted by Gasteiger charge is -2.25. The number of fused-ring (bicyclic) bond motifs is 1. The fourth-order valence-electron chi connectivity index (χ4n) is 2.94. The second kappa shape index (κ2) is 6.44. The smallest absolute Gasteiger partial charge is 0.344 e. The van der Waals surface area contributed by atoms with Crippen molar-refractivity contribution in [1.29, 1.82) is 0 Å². The van der Waals surface area contributed by atoms with Gasteiger partial charge in [-0.2, -0.15) is 0 Å². The first-order chi connectivity index (χ1) is 12.7. The Kier molecular flexibility index (Phi) is 4.27. The van der Waals surface area contributed by atoms with Gasteiger partial charge in [0, 0.05) is 30.8 Å². The molecule has 1 aromatic carbocycles. The molecule has 0 saturated heterocycles. The van der Waals surface area contributed by atoms with Gasteiger partial charge in [-0.3, -0.25) is 20.2 Å². The van der Waals surface area contributed by atoms with E-state index in [0.717, 1.165) is 18.2 Å². The molecule has 0 radical (unpaired) electrons. The van der Waals surface area contributed by atoms with Crippen LogP contribution in [0.5, 0.6) is 11.5 Å². The van der Waals surface area contributed by atoms with Crippen LogP contribution >= 0.6 is 0 Å². The molecule has 27 heavy (non-hydrogen) atoms. The molecule has 0 saturated carbocycles. The number of nitro groups is 2. The number of nitrogens with zero attached hydrogens (tertiary/aromatic N) is 2. The quantitative estimate of drug-likeness (QED) is 0.599. The number of nitro benzene ring substituents is 1. The van der Waals surface area contributed by atoms with Crippen LogP contribution < -0.4 is 15.7 Å². The van der Waals surface area contributed by atoms with E-state index in [0.29, 0.717) is 0 Å². The molecule has 3 rings (SSSR count). The molecule has 140 valence electrons. The van der Waals surface area contributed by atoms with Gasteiger partial charge in [0.2, 0.25) is 0 Å². The van der Waals surface area contributed by atoms with Gasteiger partial charge >= 0.3 is 11.3 Å². The summed E-state index contributed by atoms with van der Waals surface area (Å²) in [4.78, 5) is 33.7. The van der Waals surface area contributed by atoms with Crippen molar-refractivity contribution in [2.75, 3.05) is 7.05 Å². The van der Waals surface area contributed by atoms with Crippen LogP contribution in [0.25, 0.3) is 0 Å². The van der Waals surface area contributed by atoms with E-state index in [1.807, 2.05) is 0 Å². The summed E-state index contributed by atoms with van der Waals surface area (Å²) in [6.45, 7) is 1.43. The molecular weight excluding hydrogens is 362 g/mol. The Morgan fingerprint density at radius 2 is 1.89 bits per heavy atom. The fraction of sp³-hybridized carbons (Fsp3) is 0.188. The van der Waals surface area contributed by atoms with Gasteiger partial charge in [0.15, 0.2) is 0 Å². The lowest BCUT2D eigenvalue weighted by Crippen LogP contribution is -2.30. The fourth-order valence-corrected chi connectivity index (χ4v) is 2.94. The zero-order valence-corrected chi connectivity index (χ0v) is 14.1. The van der Waals surface area contributed by atoms with E-state index in [1.165, 1.54) is 20.0 Å². The van der Waals surface area contributed by atoms with Crippen molar-refractivity contribution in [3.05, 3.63) is 83.4 Å². The van der Waals surface area contributed by atoms with Gasteiger partial charge in [-0.25, -0.2) is 4.79 Å². The third kappa shape index (κ3) is 2.94. The number of aryl methyl sites for hydroxylation is 1. The average Bonchev–Trinajstić information content (AvgIpc) is 2.59. The monoisotopic (exact) mass is 375 g/mol. The van der Waals surface area contributed by atoms with Crippen molar-refractivity contribution in [1.82, 2.24) is 5.32 Å². The molecule has 2 aromatic rings. The average molecular weight is 375 g/mol. The van der Waals surface area contributed by atoms with Crippen LogP contribution in [0.1, 0.15) is 22.8 Å². The number of hydrogen-bond donors (Lipinski definition) is 2. The summed E-state index contributed by atoms with van der Waals surface area (Å²) >= 11 is 0. The molecule has 11 heteroatoms. The van der Waals surface area contributed by atoms with E-state index in [4.69, 9.17) is 9.15 Å². The molecule has 2 heterocycles. The van der Waals surface area contributed by atoms with Gasteiger partial charge < -0.3 is 19.6 Å². The Morgan fingerprint density at radius 3 is 2.44 bits per heavy atom. The second-order valence-electron chi connectivity index (χ2n) is 5.68. The molecule has 0 amide bonds. The number of aromatic hydroxyl groups is 1. The van der Waals surface area contributed by atoms with Crippen molar-refractivity contribution in [3.8, 4) is 11.5 Å². The van der Waals surface area contributed by atoms with Crippen molar-refractivity contribution in [2.24, 2.45) is 0 Å². The second-order valence-corrected chi connectivity index (χ2v) is 5.68. The first-order valence-corrected chi connectivity index (χ1v) is 7.60. The Hall–Kier alpha value is -3.89. The van der Waals surface area contributed by atoms with E-state index in [1.54, 1.807) is 0 Å². The summed E-state index contributed by atoms with van der Waals surface area (Å²) in [6.07, 6.45) is 0. The van der Waals surface area contributed by atoms with E-state index < -0.39 is 38.4 Å². The SMILES string of the molecule is CNC1=C([N+](=O)[O-])C(c2c(O)cc(C)oc2=O)c2cc([N+](=O)[O-])ccc2O1. The minimum Gasteiger partial charge on any atom is -0.507 e. The van der Waals surface area contributed by atoms with Crippen LogP contribution in [0.4, 0.5) is 5.69 Å². The van der Waals surface area contributed by atoms with E-state index in [9.17, 15) is 30.1 Å². The van der Waals surface area contributed by atoms with Crippen LogP contribution in [-0.2, 0) is 0 Å².